The van der Waals surface area contributed by atoms with Crippen molar-refractivity contribution in [3.8, 4) is 0 Å². The Bertz CT molecular complexity index is 880. The molecule has 3 aromatic carbocycles. The Kier molecular flexibility index (Phi) is 8.36. The Morgan fingerprint density at radius 3 is 1.77 bits per heavy atom. The summed E-state index contributed by atoms with van der Waals surface area (Å²) >= 11 is 1.97. The number of allylic oxidation sites excluding steroid dienone is 1. The van der Waals surface area contributed by atoms with Crippen LogP contribution in [0.3, 0.4) is 0 Å². The molecule has 1 unspecified atom stereocenters. The highest BCUT2D eigenvalue weighted by atomic mass is 32.2. The molecule has 1 atom stereocenters. The number of hydrogen-bond acceptors (Lipinski definition) is 2. The Morgan fingerprint density at radius 2 is 1.32 bits per heavy atom. The molecule has 0 aromatic heterocycles. The highest BCUT2D eigenvalue weighted by Crippen LogP contribution is 2.37. The van der Waals surface area contributed by atoms with Crippen molar-refractivity contribution in [2.24, 2.45) is 0 Å². The summed E-state index contributed by atoms with van der Waals surface area (Å²) in [5.74, 6) is 0.990. The molecule has 3 aromatic rings. The first-order chi connectivity index (χ1) is 15.0. The Balaban J connectivity index is 1.91. The maximum atomic E-state index is 7.14. The van der Waals surface area contributed by atoms with E-state index >= 15 is 0 Å². The van der Waals surface area contributed by atoms with Gasteiger partial charge in [0.25, 0.3) is 8.32 Å². The minimum atomic E-state index is -2.50. The molecule has 0 saturated heterocycles. The molecule has 0 fully saturated rings. The lowest BCUT2D eigenvalue weighted by Gasteiger charge is -2.43. The smallest absolute Gasteiger partial charge is 0.261 e. The summed E-state index contributed by atoms with van der Waals surface area (Å²) in [6.45, 7) is 11.7. The quantitative estimate of drug-likeness (QED) is 0.262. The predicted octanol–water partition coefficient (Wildman–Crippen LogP) is 6.44. The lowest BCUT2D eigenvalue weighted by Crippen LogP contribution is -2.67. The fourth-order valence-electron chi connectivity index (χ4n) is 4.14. The van der Waals surface area contributed by atoms with E-state index in [2.05, 4.69) is 118 Å². The SMILES string of the molecule is C=CCC(CO[Si](c1ccccc1)(c1ccccc1)C(C)(C)C)SCc1ccccc1. The first kappa shape index (κ1) is 23.6. The van der Waals surface area contributed by atoms with Crippen LogP contribution in [0.15, 0.2) is 104 Å². The molecule has 0 amide bonds. The second kappa shape index (κ2) is 11.0. The van der Waals surface area contributed by atoms with Gasteiger partial charge in [0.15, 0.2) is 0 Å². The monoisotopic (exact) mass is 446 g/mol. The van der Waals surface area contributed by atoms with Crippen LogP contribution in [-0.4, -0.2) is 20.2 Å². The van der Waals surface area contributed by atoms with E-state index in [0.717, 1.165) is 18.8 Å². The maximum absolute atomic E-state index is 7.14. The van der Waals surface area contributed by atoms with Gasteiger partial charge in [0, 0.05) is 17.6 Å². The largest absolute Gasteiger partial charge is 0.406 e. The third-order valence-electron chi connectivity index (χ3n) is 5.66. The van der Waals surface area contributed by atoms with Gasteiger partial charge < -0.3 is 4.43 Å². The first-order valence-corrected chi connectivity index (χ1v) is 13.9. The van der Waals surface area contributed by atoms with E-state index in [0.29, 0.717) is 5.25 Å². The Morgan fingerprint density at radius 1 is 0.839 bits per heavy atom. The van der Waals surface area contributed by atoms with Crippen molar-refractivity contribution in [2.45, 2.75) is 43.2 Å². The average molecular weight is 447 g/mol. The molecule has 3 heteroatoms. The van der Waals surface area contributed by atoms with Gasteiger partial charge in [0.2, 0.25) is 0 Å². The zero-order valence-corrected chi connectivity index (χ0v) is 20.8. The van der Waals surface area contributed by atoms with Crippen molar-refractivity contribution in [2.75, 3.05) is 6.61 Å². The summed E-state index contributed by atoms with van der Waals surface area (Å²) in [5, 5.41) is 3.04. The molecule has 31 heavy (non-hydrogen) atoms. The Hall–Kier alpha value is -2.07. The summed E-state index contributed by atoms with van der Waals surface area (Å²) in [4.78, 5) is 0. The van der Waals surface area contributed by atoms with Crippen LogP contribution in [0.25, 0.3) is 0 Å². The van der Waals surface area contributed by atoms with Crippen molar-refractivity contribution >= 4 is 30.5 Å². The van der Waals surface area contributed by atoms with Gasteiger partial charge >= 0.3 is 0 Å². The van der Waals surface area contributed by atoms with Crippen LogP contribution in [0.1, 0.15) is 32.8 Å². The molecule has 0 radical (unpaired) electrons. The molecule has 0 heterocycles. The van der Waals surface area contributed by atoms with Gasteiger partial charge in [0.1, 0.15) is 0 Å². The van der Waals surface area contributed by atoms with E-state index in [1.165, 1.54) is 15.9 Å². The van der Waals surface area contributed by atoms with Gasteiger partial charge in [-0.05, 0) is 27.4 Å². The molecule has 0 N–H and O–H groups in total. The van der Waals surface area contributed by atoms with Gasteiger partial charge in [0.05, 0.1) is 0 Å². The molecule has 3 rings (SSSR count). The van der Waals surface area contributed by atoms with Crippen LogP contribution in [-0.2, 0) is 10.2 Å². The first-order valence-electron chi connectivity index (χ1n) is 11.0. The minimum absolute atomic E-state index is 0.00146. The summed E-state index contributed by atoms with van der Waals surface area (Å²) in [6.07, 6.45) is 2.97. The van der Waals surface area contributed by atoms with Gasteiger partial charge in [-0.3, -0.25) is 0 Å². The van der Waals surface area contributed by atoms with E-state index in [1.54, 1.807) is 0 Å². The molecule has 0 aliphatic rings. The van der Waals surface area contributed by atoms with Crippen LogP contribution in [0.2, 0.25) is 5.04 Å². The normalized spacial score (nSPS) is 13.0. The number of benzene rings is 3. The Labute approximate surface area is 193 Å². The zero-order chi connectivity index (χ0) is 22.2. The average Bonchev–Trinajstić information content (AvgIpc) is 2.79. The second-order valence-corrected chi connectivity index (χ2v) is 14.5. The standard InChI is InChI=1S/C28H34OSSi/c1-5-15-25(30-23-24-16-9-6-10-17-24)22-29-31(28(2,3)4,26-18-11-7-12-19-26)27-20-13-8-14-21-27/h5-14,16-21,25H,1,15,22-23H2,2-4H3. The molecular formula is C28H34OSSi. The highest BCUT2D eigenvalue weighted by Gasteiger charge is 2.50. The van der Waals surface area contributed by atoms with Crippen LogP contribution in [0.5, 0.6) is 0 Å². The van der Waals surface area contributed by atoms with Crippen molar-refractivity contribution in [3.05, 3.63) is 109 Å². The highest BCUT2D eigenvalue weighted by molar-refractivity contribution is 7.99. The van der Waals surface area contributed by atoms with E-state index < -0.39 is 8.32 Å². The predicted molar refractivity (Wildman–Crippen MR) is 140 cm³/mol. The molecule has 1 nitrogen and oxygen atoms in total. The summed E-state index contributed by atoms with van der Waals surface area (Å²) < 4.78 is 7.14. The lowest BCUT2D eigenvalue weighted by atomic mass is 10.2. The van der Waals surface area contributed by atoms with Crippen LogP contribution < -0.4 is 10.4 Å². The maximum Gasteiger partial charge on any atom is 0.261 e. The summed E-state index contributed by atoms with van der Waals surface area (Å²) in [5.41, 5.74) is 1.35. The fraction of sp³-hybridized carbons (Fsp3) is 0.286. The number of hydrogen-bond donors (Lipinski definition) is 0. The van der Waals surface area contributed by atoms with Crippen molar-refractivity contribution in [1.82, 2.24) is 0 Å². The fourth-order valence-corrected chi connectivity index (χ4v) is 9.92. The van der Waals surface area contributed by atoms with Crippen molar-refractivity contribution < 1.29 is 4.43 Å². The van der Waals surface area contributed by atoms with E-state index in [-0.39, 0.29) is 5.04 Å². The van der Waals surface area contributed by atoms with Crippen LogP contribution >= 0.6 is 11.8 Å². The number of thioether (sulfide) groups is 1. The van der Waals surface area contributed by atoms with Crippen LogP contribution in [0, 0.1) is 0 Å². The van der Waals surface area contributed by atoms with Gasteiger partial charge in [-0.25, -0.2) is 0 Å². The van der Waals surface area contributed by atoms with E-state index in [4.69, 9.17) is 4.43 Å². The van der Waals surface area contributed by atoms with E-state index in [9.17, 15) is 0 Å². The summed E-state index contributed by atoms with van der Waals surface area (Å²) in [7, 11) is -2.50. The van der Waals surface area contributed by atoms with Crippen molar-refractivity contribution in [3.63, 3.8) is 0 Å². The van der Waals surface area contributed by atoms with E-state index in [1.807, 2.05) is 17.8 Å². The topological polar surface area (TPSA) is 9.23 Å². The van der Waals surface area contributed by atoms with Gasteiger partial charge in [-0.15, -0.1) is 6.58 Å². The second-order valence-electron chi connectivity index (χ2n) is 8.92. The van der Waals surface area contributed by atoms with Crippen LogP contribution in [0.4, 0.5) is 0 Å². The third-order valence-corrected chi connectivity index (χ3v) is 12.0. The molecule has 0 spiro atoms. The molecule has 162 valence electrons. The molecular weight excluding hydrogens is 412 g/mol. The number of rotatable bonds is 10. The van der Waals surface area contributed by atoms with Crippen molar-refractivity contribution in [1.29, 1.82) is 0 Å². The lowest BCUT2D eigenvalue weighted by molar-refractivity contribution is 0.298. The van der Waals surface area contributed by atoms with Gasteiger partial charge in [-0.1, -0.05) is 118 Å². The molecule has 0 aliphatic heterocycles. The zero-order valence-electron chi connectivity index (χ0n) is 19.0. The summed E-state index contributed by atoms with van der Waals surface area (Å²) in [6, 6.07) is 32.4. The minimum Gasteiger partial charge on any atom is -0.406 e. The third kappa shape index (κ3) is 5.79. The molecule has 0 bridgehead atoms. The molecule has 0 saturated carbocycles. The van der Waals surface area contributed by atoms with Gasteiger partial charge in [-0.2, -0.15) is 11.8 Å². The molecule has 0 aliphatic carbocycles.